The molecule has 1 N–H and O–H groups in total. The summed E-state index contributed by atoms with van der Waals surface area (Å²) in [6.07, 6.45) is 4.27. The molecule has 4 aliphatic heterocycles. The van der Waals surface area contributed by atoms with Gasteiger partial charge >= 0.3 is 0 Å². The van der Waals surface area contributed by atoms with Gasteiger partial charge in [-0.25, -0.2) is 0 Å². The summed E-state index contributed by atoms with van der Waals surface area (Å²) < 4.78 is 0. The molecule has 0 radical (unpaired) electrons. The van der Waals surface area contributed by atoms with Crippen LogP contribution in [-0.4, -0.2) is 89.7 Å². The number of piperazine rings is 1. The Labute approximate surface area is 241 Å². The Morgan fingerprint density at radius 3 is 2.54 bits per heavy atom. The number of benzene rings is 2. The molecule has 2 aromatic carbocycles. The van der Waals surface area contributed by atoms with E-state index in [-0.39, 0.29) is 36.1 Å². The Kier molecular flexibility index (Phi) is 7.79. The van der Waals surface area contributed by atoms with Crippen LogP contribution >= 0.6 is 0 Å². The van der Waals surface area contributed by atoms with Gasteiger partial charge in [-0.1, -0.05) is 30.3 Å². The lowest BCUT2D eigenvalue weighted by molar-refractivity contribution is -0.137. The molecule has 3 saturated heterocycles. The van der Waals surface area contributed by atoms with Crippen LogP contribution in [0, 0.1) is 6.92 Å². The van der Waals surface area contributed by atoms with Crippen LogP contribution in [-0.2, 0) is 27.3 Å². The van der Waals surface area contributed by atoms with Gasteiger partial charge in [-0.05, 0) is 80.9 Å². The maximum Gasteiger partial charge on any atom is 0.255 e. The number of nitrogens with zero attached hydrogens (tertiary/aromatic N) is 4. The fourth-order valence-electron chi connectivity index (χ4n) is 7.03. The summed E-state index contributed by atoms with van der Waals surface area (Å²) in [5.74, 6) is -0.535. The smallest absolute Gasteiger partial charge is 0.255 e. The number of anilines is 1. The maximum absolute atomic E-state index is 13.5. The first-order chi connectivity index (χ1) is 19.9. The van der Waals surface area contributed by atoms with Crippen molar-refractivity contribution >= 4 is 29.3 Å². The van der Waals surface area contributed by atoms with Crippen molar-refractivity contribution in [2.45, 2.75) is 64.1 Å². The van der Waals surface area contributed by atoms with E-state index in [1.165, 1.54) is 11.3 Å². The van der Waals surface area contributed by atoms with E-state index in [9.17, 15) is 19.2 Å². The van der Waals surface area contributed by atoms with Gasteiger partial charge in [0, 0.05) is 50.4 Å². The third kappa shape index (κ3) is 5.47. The number of imide groups is 1. The van der Waals surface area contributed by atoms with Gasteiger partial charge in [-0.3, -0.25) is 29.4 Å². The van der Waals surface area contributed by atoms with Crippen LogP contribution in [0.15, 0.2) is 42.5 Å². The van der Waals surface area contributed by atoms with Crippen molar-refractivity contribution in [3.63, 3.8) is 0 Å². The Bertz CT molecular complexity index is 1350. The van der Waals surface area contributed by atoms with Gasteiger partial charge < -0.3 is 14.7 Å². The van der Waals surface area contributed by atoms with Crippen LogP contribution in [0.25, 0.3) is 0 Å². The topological polar surface area (TPSA) is 93.3 Å². The number of carbonyl (C=O) groups excluding carboxylic acids is 4. The molecule has 4 aliphatic rings. The van der Waals surface area contributed by atoms with E-state index in [0.29, 0.717) is 18.5 Å². The Morgan fingerprint density at radius 1 is 0.951 bits per heavy atom. The first-order valence-electron chi connectivity index (χ1n) is 15.0. The summed E-state index contributed by atoms with van der Waals surface area (Å²) >= 11 is 0. The molecule has 0 spiro atoms. The summed E-state index contributed by atoms with van der Waals surface area (Å²) in [5, 5.41) is 2.37. The van der Waals surface area contributed by atoms with Gasteiger partial charge in [-0.2, -0.15) is 0 Å². The molecule has 2 atom stereocenters. The summed E-state index contributed by atoms with van der Waals surface area (Å²) in [6.45, 7) is 7.54. The van der Waals surface area contributed by atoms with E-state index in [2.05, 4.69) is 57.3 Å². The van der Waals surface area contributed by atoms with Crippen molar-refractivity contribution in [3.8, 4) is 0 Å². The number of piperidine rings is 1. The van der Waals surface area contributed by atoms with Crippen molar-refractivity contribution in [3.05, 3.63) is 64.7 Å². The molecule has 2 unspecified atom stereocenters. The van der Waals surface area contributed by atoms with Crippen LogP contribution in [0.1, 0.15) is 59.2 Å². The molecule has 41 heavy (non-hydrogen) atoms. The molecule has 9 heteroatoms. The molecule has 3 fully saturated rings. The van der Waals surface area contributed by atoms with Crippen LogP contribution in [0.3, 0.4) is 0 Å². The highest BCUT2D eigenvalue weighted by Crippen LogP contribution is 2.31. The Hall–Kier alpha value is -3.72. The zero-order valence-corrected chi connectivity index (χ0v) is 23.8. The SMILES string of the molecule is Cc1ccccc1N1CCN(C(=O)C2CCCN2CCCc2cccc3c2CN(C2CCC(=O)NC2=O)C3=O)CC1. The first kappa shape index (κ1) is 27.4. The fourth-order valence-corrected chi connectivity index (χ4v) is 7.03. The standard InChI is InChI=1S/C32H39N5O4/c1-22-7-2-3-11-26(22)35-17-19-36(20-18-35)32(41)28-12-6-16-34(28)15-5-9-23-8-4-10-24-25(23)21-37(31(24)40)27-13-14-29(38)33-30(27)39/h2-4,7-8,10-11,27-28H,5-6,9,12-21H2,1H3,(H,33,38,39). The predicted molar refractivity (Wildman–Crippen MR) is 155 cm³/mol. The molecular weight excluding hydrogens is 518 g/mol. The van der Waals surface area contributed by atoms with Gasteiger partial charge in [0.2, 0.25) is 17.7 Å². The molecule has 0 aromatic heterocycles. The molecule has 0 aliphatic carbocycles. The molecule has 9 nitrogen and oxygen atoms in total. The summed E-state index contributed by atoms with van der Waals surface area (Å²) in [7, 11) is 0. The zero-order chi connectivity index (χ0) is 28.5. The highest BCUT2D eigenvalue weighted by Gasteiger charge is 2.40. The second-order valence-electron chi connectivity index (χ2n) is 11.7. The highest BCUT2D eigenvalue weighted by atomic mass is 16.2. The van der Waals surface area contributed by atoms with E-state index >= 15 is 0 Å². The average Bonchev–Trinajstić information content (AvgIpc) is 3.58. The largest absolute Gasteiger partial charge is 0.368 e. The number of likely N-dealkylation sites (tertiary alicyclic amines) is 1. The number of nitrogens with one attached hydrogen (secondary N) is 1. The number of rotatable bonds is 7. The summed E-state index contributed by atoms with van der Waals surface area (Å²) in [4.78, 5) is 59.1. The number of fused-ring (bicyclic) bond motifs is 1. The summed E-state index contributed by atoms with van der Waals surface area (Å²) in [6, 6.07) is 13.6. The number of aryl methyl sites for hydroxylation is 2. The molecule has 4 heterocycles. The van der Waals surface area contributed by atoms with E-state index in [4.69, 9.17) is 0 Å². The zero-order valence-electron chi connectivity index (χ0n) is 23.8. The minimum absolute atomic E-state index is 0.0499. The second-order valence-corrected chi connectivity index (χ2v) is 11.7. The van der Waals surface area contributed by atoms with Gasteiger partial charge in [0.25, 0.3) is 5.91 Å². The molecular formula is C32H39N5O4. The number of hydrogen-bond acceptors (Lipinski definition) is 6. The van der Waals surface area contributed by atoms with Gasteiger partial charge in [-0.15, -0.1) is 0 Å². The van der Waals surface area contributed by atoms with Crippen LogP contribution in [0.4, 0.5) is 5.69 Å². The quantitative estimate of drug-likeness (QED) is 0.526. The van der Waals surface area contributed by atoms with Crippen molar-refractivity contribution in [2.75, 3.05) is 44.2 Å². The second kappa shape index (κ2) is 11.6. The van der Waals surface area contributed by atoms with Crippen molar-refractivity contribution in [1.29, 1.82) is 0 Å². The van der Waals surface area contributed by atoms with Crippen LogP contribution in [0.5, 0.6) is 0 Å². The third-order valence-electron chi connectivity index (χ3n) is 9.27. The number of para-hydroxylation sites is 1. The third-order valence-corrected chi connectivity index (χ3v) is 9.27. The minimum Gasteiger partial charge on any atom is -0.368 e. The minimum atomic E-state index is -0.601. The van der Waals surface area contributed by atoms with E-state index in [1.807, 2.05) is 12.1 Å². The van der Waals surface area contributed by atoms with Crippen LogP contribution < -0.4 is 10.2 Å². The van der Waals surface area contributed by atoms with E-state index in [0.717, 1.165) is 76.1 Å². The van der Waals surface area contributed by atoms with Crippen molar-refractivity contribution in [2.24, 2.45) is 0 Å². The number of hydrogen-bond donors (Lipinski definition) is 1. The molecule has 0 bridgehead atoms. The van der Waals surface area contributed by atoms with E-state index < -0.39 is 6.04 Å². The number of carbonyl (C=O) groups is 4. The van der Waals surface area contributed by atoms with Crippen LogP contribution in [0.2, 0.25) is 0 Å². The lowest BCUT2D eigenvalue weighted by atomic mass is 9.99. The van der Waals surface area contributed by atoms with Crippen molar-refractivity contribution < 1.29 is 19.2 Å². The van der Waals surface area contributed by atoms with Gasteiger partial charge in [0.1, 0.15) is 6.04 Å². The van der Waals surface area contributed by atoms with Gasteiger partial charge in [0.15, 0.2) is 0 Å². The van der Waals surface area contributed by atoms with E-state index in [1.54, 1.807) is 4.90 Å². The average molecular weight is 558 g/mol. The molecule has 6 rings (SSSR count). The molecule has 216 valence electrons. The Morgan fingerprint density at radius 2 is 1.76 bits per heavy atom. The van der Waals surface area contributed by atoms with Gasteiger partial charge in [0.05, 0.1) is 6.04 Å². The predicted octanol–water partition coefficient (Wildman–Crippen LogP) is 2.50. The fraction of sp³-hybridized carbons (Fsp3) is 0.500. The lowest BCUT2D eigenvalue weighted by Gasteiger charge is -2.39. The first-order valence-corrected chi connectivity index (χ1v) is 15.0. The lowest BCUT2D eigenvalue weighted by Crippen LogP contribution is -2.54. The maximum atomic E-state index is 13.5. The highest BCUT2D eigenvalue weighted by molar-refractivity contribution is 6.05. The number of amides is 4. The summed E-state index contributed by atoms with van der Waals surface area (Å²) in [5.41, 5.74) is 5.30. The van der Waals surface area contributed by atoms with Crippen molar-refractivity contribution in [1.82, 2.24) is 20.0 Å². The molecule has 4 amide bonds. The monoisotopic (exact) mass is 557 g/mol. The normalized spacial score (nSPS) is 23.2. The molecule has 2 aromatic rings. The molecule has 0 saturated carbocycles. The Balaban J connectivity index is 1.03.